The zero-order valence-corrected chi connectivity index (χ0v) is 13.9. The molecular weight excluding hydrogens is 264 g/mol. The van der Waals surface area contributed by atoms with E-state index in [9.17, 15) is 0 Å². The fourth-order valence-corrected chi connectivity index (χ4v) is 4.65. The molecule has 0 saturated heterocycles. The molecule has 2 bridgehead atoms. The number of anilines is 1. The van der Waals surface area contributed by atoms with Gasteiger partial charge in [-0.05, 0) is 49.5 Å². The molecule has 5 heteroatoms. The van der Waals surface area contributed by atoms with Crippen LogP contribution in [-0.2, 0) is 0 Å². The van der Waals surface area contributed by atoms with Crippen molar-refractivity contribution in [1.82, 2.24) is 15.5 Å². The van der Waals surface area contributed by atoms with Crippen molar-refractivity contribution in [2.24, 2.45) is 16.7 Å². The average molecular weight is 292 g/mol. The van der Waals surface area contributed by atoms with Gasteiger partial charge in [0.25, 0.3) is 0 Å². The van der Waals surface area contributed by atoms with Gasteiger partial charge in [-0.25, -0.2) is 0 Å². The number of fused-ring (bicyclic) bond motifs is 2. The number of aromatic nitrogens is 2. The largest absolute Gasteiger partial charge is 0.406 e. The van der Waals surface area contributed by atoms with Crippen molar-refractivity contribution in [2.75, 3.05) is 11.9 Å². The molecule has 2 N–H and O–H groups in total. The van der Waals surface area contributed by atoms with E-state index in [1.807, 2.05) is 6.92 Å². The Morgan fingerprint density at radius 1 is 1.33 bits per heavy atom. The first-order valence-corrected chi connectivity index (χ1v) is 8.20. The lowest BCUT2D eigenvalue weighted by molar-refractivity contribution is 0.153. The molecular formula is C16H28N4O. The van der Waals surface area contributed by atoms with E-state index in [1.165, 1.54) is 19.3 Å². The Kier molecular flexibility index (Phi) is 3.51. The van der Waals surface area contributed by atoms with E-state index in [-0.39, 0.29) is 11.5 Å². The first-order valence-electron chi connectivity index (χ1n) is 8.20. The Hall–Kier alpha value is -1.10. The molecule has 4 unspecified atom stereocenters. The van der Waals surface area contributed by atoms with Crippen molar-refractivity contribution < 1.29 is 4.42 Å². The van der Waals surface area contributed by atoms with Gasteiger partial charge in [-0.2, -0.15) is 0 Å². The van der Waals surface area contributed by atoms with Gasteiger partial charge in [0.15, 0.2) is 0 Å². The maximum Gasteiger partial charge on any atom is 0.315 e. The van der Waals surface area contributed by atoms with Crippen molar-refractivity contribution in [3.63, 3.8) is 0 Å². The van der Waals surface area contributed by atoms with Crippen LogP contribution >= 0.6 is 0 Å². The van der Waals surface area contributed by atoms with Crippen LogP contribution in [0.15, 0.2) is 4.42 Å². The summed E-state index contributed by atoms with van der Waals surface area (Å²) in [7, 11) is 0. The van der Waals surface area contributed by atoms with Crippen LogP contribution in [-0.4, -0.2) is 22.8 Å². The molecule has 2 aliphatic rings. The monoisotopic (exact) mass is 292 g/mol. The molecule has 2 fully saturated rings. The minimum Gasteiger partial charge on any atom is -0.406 e. The third kappa shape index (κ3) is 2.35. The fraction of sp³-hybridized carbons (Fsp3) is 0.875. The Bertz CT molecular complexity index is 507. The number of hydrogen-bond donors (Lipinski definition) is 2. The number of hydrogen-bond acceptors (Lipinski definition) is 5. The second-order valence-corrected chi connectivity index (χ2v) is 7.72. The van der Waals surface area contributed by atoms with E-state index in [0.717, 1.165) is 12.5 Å². The Morgan fingerprint density at radius 3 is 2.71 bits per heavy atom. The Balaban J connectivity index is 1.75. The summed E-state index contributed by atoms with van der Waals surface area (Å²) in [5.74, 6) is 1.47. The Morgan fingerprint density at radius 2 is 2.10 bits per heavy atom. The van der Waals surface area contributed by atoms with Crippen LogP contribution in [0.2, 0.25) is 0 Å². The predicted octanol–water partition coefficient (Wildman–Crippen LogP) is 3.37. The molecule has 0 amide bonds. The molecule has 4 atom stereocenters. The third-order valence-electron chi connectivity index (χ3n) is 5.86. The molecule has 0 aliphatic heterocycles. The summed E-state index contributed by atoms with van der Waals surface area (Å²) in [4.78, 5) is 0. The summed E-state index contributed by atoms with van der Waals surface area (Å²) in [5.41, 5.74) is 0.644. The number of nitrogens with zero attached hydrogens (tertiary/aromatic N) is 2. The smallest absolute Gasteiger partial charge is 0.315 e. The lowest BCUT2D eigenvalue weighted by atomic mass is 9.68. The van der Waals surface area contributed by atoms with Gasteiger partial charge in [0, 0.05) is 6.04 Å². The van der Waals surface area contributed by atoms with Crippen LogP contribution in [0, 0.1) is 16.7 Å². The van der Waals surface area contributed by atoms with Crippen LogP contribution in [0.25, 0.3) is 0 Å². The summed E-state index contributed by atoms with van der Waals surface area (Å²) in [6.45, 7) is 12.2. The second kappa shape index (κ2) is 4.97. The quantitative estimate of drug-likeness (QED) is 0.871. The lowest BCUT2D eigenvalue weighted by Gasteiger charge is -2.42. The van der Waals surface area contributed by atoms with Gasteiger partial charge in [0.1, 0.15) is 0 Å². The van der Waals surface area contributed by atoms with Gasteiger partial charge >= 0.3 is 6.01 Å². The second-order valence-electron chi connectivity index (χ2n) is 7.72. The molecule has 2 saturated carbocycles. The fourth-order valence-electron chi connectivity index (χ4n) is 4.65. The van der Waals surface area contributed by atoms with Crippen LogP contribution in [0.3, 0.4) is 0 Å². The summed E-state index contributed by atoms with van der Waals surface area (Å²) >= 11 is 0. The van der Waals surface area contributed by atoms with Crippen LogP contribution in [0.5, 0.6) is 0 Å². The van der Waals surface area contributed by atoms with Crippen LogP contribution in [0.4, 0.5) is 6.01 Å². The predicted molar refractivity (Wildman–Crippen MR) is 83.0 cm³/mol. The molecule has 5 nitrogen and oxygen atoms in total. The van der Waals surface area contributed by atoms with E-state index < -0.39 is 0 Å². The normalized spacial score (nSPS) is 35.1. The standard InChI is InChI=1S/C16H28N4O/c1-6-17-10(2)12-19-20-14(21-12)18-13-15(3,4)11-7-8-16(13,5)9-11/h10-11,13,17H,6-9H2,1-5H3,(H,18,20). The molecule has 0 aromatic carbocycles. The van der Waals surface area contributed by atoms with E-state index in [2.05, 4.69) is 48.5 Å². The summed E-state index contributed by atoms with van der Waals surface area (Å²) in [5, 5.41) is 15.2. The summed E-state index contributed by atoms with van der Waals surface area (Å²) in [6.07, 6.45) is 3.97. The molecule has 1 aromatic heterocycles. The number of nitrogens with one attached hydrogen (secondary N) is 2. The summed E-state index contributed by atoms with van der Waals surface area (Å²) < 4.78 is 5.81. The van der Waals surface area contributed by atoms with Crippen LogP contribution < -0.4 is 10.6 Å². The van der Waals surface area contributed by atoms with Crippen molar-refractivity contribution in [3.05, 3.63) is 5.89 Å². The van der Waals surface area contributed by atoms with Crippen molar-refractivity contribution in [2.45, 2.75) is 66.0 Å². The van der Waals surface area contributed by atoms with Gasteiger partial charge in [0.2, 0.25) is 5.89 Å². The SMILES string of the molecule is CCNC(C)c1nnc(NC2C3(C)CCC(C3)C2(C)C)o1. The van der Waals surface area contributed by atoms with E-state index >= 15 is 0 Å². The molecule has 0 radical (unpaired) electrons. The third-order valence-corrected chi connectivity index (χ3v) is 5.86. The lowest BCUT2D eigenvalue weighted by Crippen LogP contribution is -2.45. The molecule has 3 rings (SSSR count). The highest BCUT2D eigenvalue weighted by Gasteiger charge is 2.59. The highest BCUT2D eigenvalue weighted by Crippen LogP contribution is 2.63. The first-order chi connectivity index (χ1) is 9.87. The van der Waals surface area contributed by atoms with Gasteiger partial charge in [0.05, 0.1) is 6.04 Å². The van der Waals surface area contributed by atoms with Crippen molar-refractivity contribution in [3.8, 4) is 0 Å². The van der Waals surface area contributed by atoms with Crippen molar-refractivity contribution >= 4 is 6.01 Å². The van der Waals surface area contributed by atoms with Gasteiger partial charge in [-0.15, -0.1) is 5.10 Å². The molecule has 118 valence electrons. The molecule has 2 aliphatic carbocycles. The minimum atomic E-state index is 0.0988. The maximum atomic E-state index is 5.81. The molecule has 1 heterocycles. The zero-order chi connectivity index (χ0) is 15.3. The highest BCUT2D eigenvalue weighted by molar-refractivity contribution is 5.28. The highest BCUT2D eigenvalue weighted by atomic mass is 16.4. The van der Waals surface area contributed by atoms with Gasteiger partial charge < -0.3 is 15.1 Å². The van der Waals surface area contributed by atoms with E-state index in [0.29, 0.717) is 23.4 Å². The van der Waals surface area contributed by atoms with Gasteiger partial charge in [-0.3, -0.25) is 0 Å². The van der Waals surface area contributed by atoms with Gasteiger partial charge in [-0.1, -0.05) is 32.8 Å². The van der Waals surface area contributed by atoms with E-state index in [4.69, 9.17) is 4.42 Å². The van der Waals surface area contributed by atoms with Crippen LogP contribution in [0.1, 0.15) is 65.8 Å². The minimum absolute atomic E-state index is 0.0988. The molecule has 21 heavy (non-hydrogen) atoms. The maximum absolute atomic E-state index is 5.81. The molecule has 1 aromatic rings. The number of rotatable bonds is 5. The average Bonchev–Trinajstić information content (AvgIpc) is 3.06. The zero-order valence-electron chi connectivity index (χ0n) is 13.9. The molecule has 0 spiro atoms. The topological polar surface area (TPSA) is 63.0 Å². The van der Waals surface area contributed by atoms with Crippen molar-refractivity contribution in [1.29, 1.82) is 0 Å². The van der Waals surface area contributed by atoms with E-state index in [1.54, 1.807) is 0 Å². The summed E-state index contributed by atoms with van der Waals surface area (Å²) in [6, 6.07) is 1.08. The first kappa shape index (κ1) is 14.8. The Labute approximate surface area is 127 Å².